The molecule has 0 fully saturated rings. The lowest BCUT2D eigenvalue weighted by Crippen LogP contribution is -2.44. The zero-order chi connectivity index (χ0) is 22.5. The Kier molecular flexibility index (Phi) is 8.08. The summed E-state index contributed by atoms with van der Waals surface area (Å²) in [5.74, 6) is -1.17. The van der Waals surface area contributed by atoms with Crippen molar-refractivity contribution in [2.75, 3.05) is 39.2 Å². The minimum absolute atomic E-state index is 0.00349. The molecule has 2 rings (SSSR count). The standard InChI is InChI=1S/C20H28F3N3O4/c1-12-9-24-13(2)11-30-16-6-5-14(25-18(27)8-20(21,22)23)7-15(16)19(28)26(3)10-17(12)29-4/h5-7,12-13,17,24H,8-11H2,1-4H3,(H,25,27)/t12-,13+,17-/m1/s1. The van der Waals surface area contributed by atoms with Crippen molar-refractivity contribution in [1.82, 2.24) is 10.2 Å². The average molecular weight is 431 g/mol. The highest BCUT2D eigenvalue weighted by Crippen LogP contribution is 2.27. The van der Waals surface area contributed by atoms with Crippen LogP contribution in [-0.2, 0) is 9.53 Å². The lowest BCUT2D eigenvalue weighted by atomic mass is 10.0. The van der Waals surface area contributed by atoms with E-state index >= 15 is 0 Å². The van der Waals surface area contributed by atoms with Gasteiger partial charge in [-0.1, -0.05) is 6.92 Å². The summed E-state index contributed by atoms with van der Waals surface area (Å²) in [6, 6.07) is 4.21. The van der Waals surface area contributed by atoms with E-state index in [9.17, 15) is 22.8 Å². The number of alkyl halides is 3. The SMILES string of the molecule is CO[C@@H]1CN(C)C(=O)c2cc(NC(=O)CC(F)(F)F)ccc2OC[C@H](C)NC[C@H]1C. The van der Waals surface area contributed by atoms with E-state index in [-0.39, 0.29) is 47.6 Å². The molecule has 0 bridgehead atoms. The Morgan fingerprint density at radius 1 is 1.37 bits per heavy atom. The second-order valence-corrected chi connectivity index (χ2v) is 7.61. The van der Waals surface area contributed by atoms with Crippen LogP contribution in [0.4, 0.5) is 18.9 Å². The van der Waals surface area contributed by atoms with Crippen LogP contribution in [0.5, 0.6) is 5.75 Å². The Bertz CT molecular complexity index is 757. The van der Waals surface area contributed by atoms with Crippen LogP contribution < -0.4 is 15.4 Å². The van der Waals surface area contributed by atoms with Gasteiger partial charge in [0.05, 0.1) is 11.7 Å². The lowest BCUT2D eigenvalue weighted by molar-refractivity contribution is -0.150. The van der Waals surface area contributed by atoms with E-state index in [4.69, 9.17) is 9.47 Å². The predicted octanol–water partition coefficient (Wildman–Crippen LogP) is 2.67. The van der Waals surface area contributed by atoms with Gasteiger partial charge < -0.3 is 25.0 Å². The van der Waals surface area contributed by atoms with Crippen LogP contribution in [0.3, 0.4) is 0 Å². The van der Waals surface area contributed by atoms with Crippen molar-refractivity contribution in [3.05, 3.63) is 23.8 Å². The number of methoxy groups -OCH3 is 1. The number of hydrogen-bond donors (Lipinski definition) is 2. The minimum Gasteiger partial charge on any atom is -0.491 e. The topological polar surface area (TPSA) is 79.9 Å². The second kappa shape index (κ2) is 10.1. The van der Waals surface area contributed by atoms with Crippen molar-refractivity contribution < 1.29 is 32.2 Å². The molecule has 3 atom stereocenters. The second-order valence-electron chi connectivity index (χ2n) is 7.61. The van der Waals surface area contributed by atoms with Crippen LogP contribution in [0, 0.1) is 5.92 Å². The molecule has 1 aromatic rings. The number of ether oxygens (including phenoxy) is 2. The van der Waals surface area contributed by atoms with E-state index in [0.29, 0.717) is 13.1 Å². The number of carbonyl (C=O) groups is 2. The third-order valence-corrected chi connectivity index (χ3v) is 4.87. The van der Waals surface area contributed by atoms with Crippen LogP contribution in [0.15, 0.2) is 18.2 Å². The number of amides is 2. The third kappa shape index (κ3) is 6.88. The third-order valence-electron chi connectivity index (χ3n) is 4.87. The van der Waals surface area contributed by atoms with Gasteiger partial charge in [0.15, 0.2) is 0 Å². The van der Waals surface area contributed by atoms with Crippen LogP contribution in [0.2, 0.25) is 0 Å². The van der Waals surface area contributed by atoms with Gasteiger partial charge in [0.2, 0.25) is 5.91 Å². The zero-order valence-electron chi connectivity index (χ0n) is 17.5. The van der Waals surface area contributed by atoms with Gasteiger partial charge in [0.1, 0.15) is 18.8 Å². The number of likely N-dealkylation sites (N-methyl/N-ethyl adjacent to an activating group) is 1. The van der Waals surface area contributed by atoms with Crippen LogP contribution in [0.25, 0.3) is 0 Å². The Hall–Kier alpha value is -2.33. The molecule has 168 valence electrons. The summed E-state index contributed by atoms with van der Waals surface area (Å²) in [5, 5.41) is 5.54. The summed E-state index contributed by atoms with van der Waals surface area (Å²) < 4.78 is 48.6. The van der Waals surface area contributed by atoms with Gasteiger partial charge in [-0.15, -0.1) is 0 Å². The molecule has 1 aromatic carbocycles. The van der Waals surface area contributed by atoms with Crippen molar-refractivity contribution in [2.45, 2.75) is 38.6 Å². The molecule has 0 radical (unpaired) electrons. The molecule has 1 aliphatic heterocycles. The maximum absolute atomic E-state index is 13.1. The highest BCUT2D eigenvalue weighted by Gasteiger charge is 2.31. The minimum atomic E-state index is -4.62. The molecule has 0 saturated carbocycles. The van der Waals surface area contributed by atoms with Gasteiger partial charge >= 0.3 is 6.18 Å². The molecule has 7 nitrogen and oxygen atoms in total. The smallest absolute Gasteiger partial charge is 0.397 e. The summed E-state index contributed by atoms with van der Waals surface area (Å²) in [6.07, 6.45) is -6.43. The number of halogens is 3. The van der Waals surface area contributed by atoms with Gasteiger partial charge in [-0.3, -0.25) is 9.59 Å². The lowest BCUT2D eigenvalue weighted by Gasteiger charge is -2.30. The van der Waals surface area contributed by atoms with Crippen molar-refractivity contribution in [2.24, 2.45) is 5.92 Å². The largest absolute Gasteiger partial charge is 0.491 e. The fraction of sp³-hybridized carbons (Fsp3) is 0.600. The first-order valence-electron chi connectivity index (χ1n) is 9.65. The Labute approximate surface area is 173 Å². The molecule has 0 unspecified atom stereocenters. The maximum atomic E-state index is 13.1. The summed E-state index contributed by atoms with van der Waals surface area (Å²) in [5.41, 5.74) is 0.237. The first kappa shape index (κ1) is 23.9. The molecule has 30 heavy (non-hydrogen) atoms. The Morgan fingerprint density at radius 2 is 2.07 bits per heavy atom. The number of hydrogen-bond acceptors (Lipinski definition) is 5. The fourth-order valence-electron chi connectivity index (χ4n) is 3.13. The van der Waals surface area contributed by atoms with Crippen molar-refractivity contribution in [3.8, 4) is 5.75 Å². The molecule has 1 aliphatic rings. The number of nitrogens with one attached hydrogen (secondary N) is 2. The molecular formula is C20H28F3N3O4. The molecule has 1 heterocycles. The number of carbonyl (C=O) groups excluding carboxylic acids is 2. The van der Waals surface area contributed by atoms with E-state index in [1.54, 1.807) is 14.2 Å². The number of benzene rings is 1. The molecule has 10 heteroatoms. The summed E-state index contributed by atoms with van der Waals surface area (Å²) in [4.78, 5) is 26.1. The van der Waals surface area contributed by atoms with Gasteiger partial charge in [-0.05, 0) is 31.0 Å². The van der Waals surface area contributed by atoms with Crippen molar-refractivity contribution in [3.63, 3.8) is 0 Å². The van der Waals surface area contributed by atoms with E-state index < -0.39 is 18.5 Å². The Balaban J connectivity index is 2.31. The zero-order valence-corrected chi connectivity index (χ0v) is 17.5. The summed E-state index contributed by atoms with van der Waals surface area (Å²) >= 11 is 0. The normalized spacial score (nSPS) is 23.6. The van der Waals surface area contributed by atoms with Gasteiger partial charge in [-0.25, -0.2) is 0 Å². The summed E-state index contributed by atoms with van der Waals surface area (Å²) in [6.45, 7) is 5.24. The predicted molar refractivity (Wildman–Crippen MR) is 106 cm³/mol. The quantitative estimate of drug-likeness (QED) is 0.769. The molecular weight excluding hydrogens is 403 g/mol. The monoisotopic (exact) mass is 431 g/mol. The van der Waals surface area contributed by atoms with Gasteiger partial charge in [0, 0.05) is 39.0 Å². The van der Waals surface area contributed by atoms with E-state index in [0.717, 1.165) is 0 Å². The molecule has 2 N–H and O–H groups in total. The number of fused-ring (bicyclic) bond motifs is 1. The first-order valence-corrected chi connectivity index (χ1v) is 9.65. The first-order chi connectivity index (χ1) is 14.0. The highest BCUT2D eigenvalue weighted by molar-refractivity contribution is 5.99. The molecule has 2 amide bonds. The van der Waals surface area contributed by atoms with E-state index in [2.05, 4.69) is 10.6 Å². The molecule has 0 aliphatic carbocycles. The van der Waals surface area contributed by atoms with Crippen LogP contribution in [-0.4, -0.2) is 68.9 Å². The number of anilines is 1. The van der Waals surface area contributed by atoms with E-state index in [1.165, 1.54) is 23.1 Å². The Morgan fingerprint density at radius 3 is 2.70 bits per heavy atom. The average Bonchev–Trinajstić information content (AvgIpc) is 2.66. The van der Waals surface area contributed by atoms with E-state index in [1.807, 2.05) is 13.8 Å². The molecule has 0 saturated heterocycles. The van der Waals surface area contributed by atoms with Crippen LogP contribution in [0.1, 0.15) is 30.6 Å². The van der Waals surface area contributed by atoms with Crippen molar-refractivity contribution in [1.29, 1.82) is 0 Å². The highest BCUT2D eigenvalue weighted by atomic mass is 19.4. The van der Waals surface area contributed by atoms with Gasteiger partial charge in [0.25, 0.3) is 5.91 Å². The molecule has 0 spiro atoms. The fourth-order valence-corrected chi connectivity index (χ4v) is 3.13. The number of nitrogens with zero attached hydrogens (tertiary/aromatic N) is 1. The van der Waals surface area contributed by atoms with Gasteiger partial charge in [-0.2, -0.15) is 13.2 Å². The maximum Gasteiger partial charge on any atom is 0.397 e. The number of rotatable bonds is 3. The molecule has 0 aromatic heterocycles. The van der Waals surface area contributed by atoms with Crippen molar-refractivity contribution >= 4 is 17.5 Å². The summed E-state index contributed by atoms with van der Waals surface area (Å²) in [7, 11) is 3.20. The van der Waals surface area contributed by atoms with Crippen LogP contribution >= 0.6 is 0 Å².